The van der Waals surface area contributed by atoms with Gasteiger partial charge in [-0.1, -0.05) is 6.07 Å². The van der Waals surface area contributed by atoms with Crippen molar-refractivity contribution in [2.24, 2.45) is 7.05 Å². The maximum Gasteiger partial charge on any atom is 0.416 e. The third-order valence-electron chi connectivity index (χ3n) is 4.60. The van der Waals surface area contributed by atoms with Crippen LogP contribution >= 0.6 is 11.8 Å². The van der Waals surface area contributed by atoms with Crippen LogP contribution in [0.4, 0.5) is 19.0 Å². The summed E-state index contributed by atoms with van der Waals surface area (Å²) in [6, 6.07) is 3.77. The summed E-state index contributed by atoms with van der Waals surface area (Å²) in [6.07, 6.45) is -4.38. The fourth-order valence-electron chi connectivity index (χ4n) is 3.17. The van der Waals surface area contributed by atoms with E-state index in [-0.39, 0.29) is 11.2 Å². The number of alkyl halides is 3. The van der Waals surface area contributed by atoms with Crippen LogP contribution in [-0.4, -0.2) is 20.4 Å². The molecule has 1 aromatic heterocycles. The van der Waals surface area contributed by atoms with Crippen LogP contribution in [-0.2, 0) is 18.0 Å². The maximum absolute atomic E-state index is 13.0. The van der Waals surface area contributed by atoms with Gasteiger partial charge in [0.15, 0.2) is 0 Å². The number of aromatic nitrogens is 2. The number of benzene rings is 1. The van der Waals surface area contributed by atoms with Crippen LogP contribution in [0.2, 0.25) is 0 Å². The zero-order valence-electron chi connectivity index (χ0n) is 15.2. The topological polar surface area (TPSA) is 46.9 Å². The van der Waals surface area contributed by atoms with Gasteiger partial charge in [0, 0.05) is 12.6 Å². The first-order valence-electron chi connectivity index (χ1n) is 8.12. The third-order valence-corrected chi connectivity index (χ3v) is 6.10. The molecule has 0 saturated carbocycles. The molecule has 1 aromatic carbocycles. The fourth-order valence-corrected chi connectivity index (χ4v) is 4.71. The van der Waals surface area contributed by atoms with Crippen molar-refractivity contribution in [3.8, 4) is 0 Å². The summed E-state index contributed by atoms with van der Waals surface area (Å²) in [5.74, 6) is 0.439. The number of thioether (sulfide) groups is 1. The van der Waals surface area contributed by atoms with Gasteiger partial charge in [0.2, 0.25) is 5.91 Å². The van der Waals surface area contributed by atoms with Gasteiger partial charge in [0.25, 0.3) is 0 Å². The highest BCUT2D eigenvalue weighted by atomic mass is 32.2. The number of carbonyl (C=O) groups is 1. The monoisotopic (exact) mass is 383 g/mol. The molecule has 0 radical (unpaired) electrons. The Bertz CT molecular complexity index is 887. The molecule has 2 aromatic rings. The Morgan fingerprint density at radius 2 is 1.92 bits per heavy atom. The SMILES string of the molecule is Cc1cc(C(F)(F)F)ccc1C1SC(C)(C)C(=O)Nc2c1c(C)nn2C. The normalized spacial score (nSPS) is 19.7. The molecule has 0 saturated heterocycles. The molecule has 8 heteroatoms. The molecule has 1 unspecified atom stereocenters. The van der Waals surface area contributed by atoms with Gasteiger partial charge in [-0.15, -0.1) is 11.8 Å². The van der Waals surface area contributed by atoms with E-state index in [0.29, 0.717) is 11.4 Å². The van der Waals surface area contributed by atoms with Crippen LogP contribution in [0.3, 0.4) is 0 Å². The van der Waals surface area contributed by atoms with E-state index in [4.69, 9.17) is 0 Å². The van der Waals surface area contributed by atoms with Crippen molar-refractivity contribution in [2.45, 2.75) is 43.9 Å². The number of nitrogens with zero attached hydrogens (tertiary/aromatic N) is 2. The number of aryl methyl sites for hydroxylation is 3. The molecule has 3 rings (SSSR count). The Hall–Kier alpha value is -1.96. The predicted molar refractivity (Wildman–Crippen MR) is 96.3 cm³/mol. The molecule has 0 bridgehead atoms. The standard InChI is InChI=1S/C18H20F3N3OS/c1-9-8-11(18(19,20)21)6-7-12(9)14-13-10(2)23-24(5)15(13)22-16(25)17(3,4)26-14/h6-8,14H,1-5H3,(H,22,25). The number of amides is 1. The number of anilines is 1. The van der Waals surface area contributed by atoms with Gasteiger partial charge < -0.3 is 5.32 Å². The second kappa shape index (κ2) is 6.04. The van der Waals surface area contributed by atoms with Crippen LogP contribution in [0.1, 0.15) is 47.0 Å². The van der Waals surface area contributed by atoms with Gasteiger partial charge in [-0.25, -0.2) is 0 Å². The smallest absolute Gasteiger partial charge is 0.309 e. The van der Waals surface area contributed by atoms with E-state index in [1.165, 1.54) is 17.8 Å². The fraction of sp³-hybridized carbons (Fsp3) is 0.444. The summed E-state index contributed by atoms with van der Waals surface area (Å²) in [7, 11) is 1.74. The van der Waals surface area contributed by atoms with Crippen LogP contribution < -0.4 is 5.32 Å². The van der Waals surface area contributed by atoms with Crippen LogP contribution in [0.25, 0.3) is 0 Å². The first-order chi connectivity index (χ1) is 11.9. The van der Waals surface area contributed by atoms with Crippen molar-refractivity contribution in [1.29, 1.82) is 0 Å². The van der Waals surface area contributed by atoms with E-state index in [9.17, 15) is 18.0 Å². The quantitative estimate of drug-likeness (QED) is 0.782. The highest BCUT2D eigenvalue weighted by Crippen LogP contribution is 2.50. The Morgan fingerprint density at radius 3 is 2.50 bits per heavy atom. The van der Waals surface area contributed by atoms with Crippen molar-refractivity contribution in [3.05, 3.63) is 46.1 Å². The van der Waals surface area contributed by atoms with Crippen molar-refractivity contribution >= 4 is 23.5 Å². The van der Waals surface area contributed by atoms with E-state index in [1.54, 1.807) is 18.7 Å². The van der Waals surface area contributed by atoms with Crippen molar-refractivity contribution < 1.29 is 18.0 Å². The lowest BCUT2D eigenvalue weighted by atomic mass is 9.97. The summed E-state index contributed by atoms with van der Waals surface area (Å²) in [5, 5.41) is 7.01. The molecule has 0 aliphatic carbocycles. The summed E-state index contributed by atoms with van der Waals surface area (Å²) >= 11 is 1.42. The third kappa shape index (κ3) is 3.11. The Morgan fingerprint density at radius 1 is 1.27 bits per heavy atom. The molecule has 140 valence electrons. The lowest BCUT2D eigenvalue weighted by Crippen LogP contribution is -2.33. The van der Waals surface area contributed by atoms with E-state index in [0.717, 1.165) is 29.0 Å². The van der Waals surface area contributed by atoms with Crippen molar-refractivity contribution in [2.75, 3.05) is 5.32 Å². The average Bonchev–Trinajstić information content (AvgIpc) is 2.72. The predicted octanol–water partition coefficient (Wildman–Crippen LogP) is 4.61. The molecule has 4 nitrogen and oxygen atoms in total. The maximum atomic E-state index is 13.0. The van der Waals surface area contributed by atoms with Gasteiger partial charge >= 0.3 is 6.18 Å². The van der Waals surface area contributed by atoms with E-state index in [2.05, 4.69) is 10.4 Å². The first-order valence-corrected chi connectivity index (χ1v) is 9.00. The Balaban J connectivity index is 2.19. The molecule has 1 amide bonds. The number of fused-ring (bicyclic) bond motifs is 1. The number of hydrogen-bond acceptors (Lipinski definition) is 3. The number of nitrogens with one attached hydrogen (secondary N) is 1. The van der Waals surface area contributed by atoms with E-state index in [1.807, 2.05) is 20.8 Å². The Labute approximate surface area is 154 Å². The zero-order valence-corrected chi connectivity index (χ0v) is 16.0. The molecular formula is C18H20F3N3OS. The second-order valence-corrected chi connectivity index (χ2v) is 8.73. The lowest BCUT2D eigenvalue weighted by molar-refractivity contribution is -0.137. The highest BCUT2D eigenvalue weighted by Gasteiger charge is 2.41. The van der Waals surface area contributed by atoms with Gasteiger partial charge in [-0.05, 0) is 51.0 Å². The van der Waals surface area contributed by atoms with Gasteiger partial charge in [-0.3, -0.25) is 9.48 Å². The van der Waals surface area contributed by atoms with Gasteiger partial charge in [0.1, 0.15) is 5.82 Å². The molecule has 0 spiro atoms. The minimum Gasteiger partial charge on any atom is -0.309 e. The number of halogens is 3. The zero-order chi connectivity index (χ0) is 19.4. The number of carbonyl (C=O) groups excluding carboxylic acids is 1. The molecular weight excluding hydrogens is 363 g/mol. The van der Waals surface area contributed by atoms with Crippen LogP contribution in [0.15, 0.2) is 18.2 Å². The van der Waals surface area contributed by atoms with Crippen molar-refractivity contribution in [1.82, 2.24) is 9.78 Å². The molecule has 0 fully saturated rings. The minimum absolute atomic E-state index is 0.154. The molecule has 26 heavy (non-hydrogen) atoms. The lowest BCUT2D eigenvalue weighted by Gasteiger charge is -2.26. The van der Waals surface area contributed by atoms with Crippen LogP contribution in [0, 0.1) is 13.8 Å². The summed E-state index contributed by atoms with van der Waals surface area (Å²) in [4.78, 5) is 12.6. The minimum atomic E-state index is -4.38. The second-order valence-electron chi connectivity index (χ2n) is 7.00. The molecule has 1 aliphatic heterocycles. The van der Waals surface area contributed by atoms with Gasteiger partial charge in [0.05, 0.1) is 21.3 Å². The van der Waals surface area contributed by atoms with E-state index < -0.39 is 16.5 Å². The largest absolute Gasteiger partial charge is 0.416 e. The molecule has 1 aliphatic rings. The summed E-state index contributed by atoms with van der Waals surface area (Å²) in [5.41, 5.74) is 2.20. The first kappa shape index (κ1) is 18.8. The number of rotatable bonds is 1. The van der Waals surface area contributed by atoms with E-state index >= 15 is 0 Å². The van der Waals surface area contributed by atoms with Gasteiger partial charge in [-0.2, -0.15) is 18.3 Å². The Kier molecular flexibility index (Phi) is 4.37. The molecule has 1 N–H and O–H groups in total. The summed E-state index contributed by atoms with van der Waals surface area (Å²) in [6.45, 7) is 7.14. The molecule has 2 heterocycles. The molecule has 1 atom stereocenters. The van der Waals surface area contributed by atoms with Crippen LogP contribution in [0.5, 0.6) is 0 Å². The average molecular weight is 383 g/mol. The summed E-state index contributed by atoms with van der Waals surface area (Å²) < 4.78 is 39.9. The van der Waals surface area contributed by atoms with Crippen molar-refractivity contribution in [3.63, 3.8) is 0 Å². The highest BCUT2D eigenvalue weighted by molar-refractivity contribution is 8.01. The number of hydrogen-bond donors (Lipinski definition) is 1.